The molecule has 1 aromatic carbocycles. The summed E-state index contributed by atoms with van der Waals surface area (Å²) in [6, 6.07) is 4.42. The first kappa shape index (κ1) is 16.9. The molecule has 20 heavy (non-hydrogen) atoms. The third-order valence-electron chi connectivity index (χ3n) is 2.68. The number of hydrogen-bond acceptors (Lipinski definition) is 4. The van der Waals surface area contributed by atoms with E-state index in [4.69, 9.17) is 5.73 Å². The average molecular weight is 364 g/mol. The minimum Gasteiger partial charge on any atom is -0.398 e. The van der Waals surface area contributed by atoms with E-state index < -0.39 is 10.0 Å². The molecule has 1 aromatic rings. The van der Waals surface area contributed by atoms with Gasteiger partial charge in [-0.3, -0.25) is 4.79 Å². The Hall–Kier alpha value is -1.12. The summed E-state index contributed by atoms with van der Waals surface area (Å²) in [7, 11) is -2.27. The highest BCUT2D eigenvalue weighted by atomic mass is 79.9. The van der Waals surface area contributed by atoms with Crippen LogP contribution >= 0.6 is 15.9 Å². The molecule has 6 nitrogen and oxygen atoms in total. The van der Waals surface area contributed by atoms with E-state index in [-0.39, 0.29) is 23.9 Å². The normalized spacial score (nSPS) is 11.6. The predicted molar refractivity (Wildman–Crippen MR) is 81.7 cm³/mol. The minimum atomic E-state index is -3.74. The van der Waals surface area contributed by atoms with Crippen LogP contribution in [-0.2, 0) is 14.8 Å². The van der Waals surface area contributed by atoms with Crippen LogP contribution in [0.3, 0.4) is 0 Å². The molecule has 0 atom stereocenters. The fourth-order valence-corrected chi connectivity index (χ4v) is 3.38. The van der Waals surface area contributed by atoms with Gasteiger partial charge in [0.25, 0.3) is 0 Å². The van der Waals surface area contributed by atoms with Gasteiger partial charge in [0.2, 0.25) is 15.9 Å². The Labute approximate surface area is 127 Å². The molecular weight excluding hydrogens is 346 g/mol. The number of carbonyl (C=O) groups excluding carboxylic acids is 1. The van der Waals surface area contributed by atoms with E-state index in [9.17, 15) is 13.2 Å². The van der Waals surface area contributed by atoms with Gasteiger partial charge in [0.05, 0.1) is 11.4 Å². The molecule has 0 fully saturated rings. The highest BCUT2D eigenvalue weighted by Crippen LogP contribution is 2.24. The highest BCUT2D eigenvalue weighted by Gasteiger charge is 2.26. The van der Waals surface area contributed by atoms with Gasteiger partial charge in [-0.2, -0.15) is 4.31 Å². The topological polar surface area (TPSA) is 92.5 Å². The summed E-state index contributed by atoms with van der Waals surface area (Å²) in [6.45, 7) is 1.91. The number of sulfonamides is 1. The van der Waals surface area contributed by atoms with E-state index in [0.717, 1.165) is 4.31 Å². The smallest absolute Gasteiger partial charge is 0.243 e. The predicted octanol–water partition coefficient (Wildman–Crippen LogP) is 1.18. The lowest BCUT2D eigenvalue weighted by Crippen LogP contribution is -2.40. The molecule has 0 spiro atoms. The number of benzene rings is 1. The summed E-state index contributed by atoms with van der Waals surface area (Å²) < 4.78 is 26.8. The largest absolute Gasteiger partial charge is 0.398 e. The summed E-state index contributed by atoms with van der Waals surface area (Å²) in [5.74, 6) is -0.355. The first-order chi connectivity index (χ1) is 9.32. The number of nitrogens with zero attached hydrogens (tertiary/aromatic N) is 1. The van der Waals surface area contributed by atoms with Crippen molar-refractivity contribution in [1.82, 2.24) is 9.62 Å². The number of nitrogen functional groups attached to an aromatic ring is 1. The number of rotatable bonds is 6. The molecule has 0 saturated heterocycles. The van der Waals surface area contributed by atoms with Crippen molar-refractivity contribution in [2.24, 2.45) is 0 Å². The first-order valence-corrected chi connectivity index (χ1v) is 8.32. The van der Waals surface area contributed by atoms with E-state index >= 15 is 0 Å². The van der Waals surface area contributed by atoms with Gasteiger partial charge in [0.15, 0.2) is 0 Å². The molecule has 0 bridgehead atoms. The van der Waals surface area contributed by atoms with Gasteiger partial charge in [0, 0.05) is 23.8 Å². The SMILES string of the molecule is CCCN(CC(=O)NC)S(=O)(=O)c1ccc(Br)c(N)c1. The molecule has 0 aliphatic carbocycles. The second kappa shape index (κ2) is 7.05. The number of halogens is 1. The minimum absolute atomic E-state index is 0.0792. The number of amides is 1. The van der Waals surface area contributed by atoms with Crippen LogP contribution in [0.2, 0.25) is 0 Å². The van der Waals surface area contributed by atoms with Crippen LogP contribution in [-0.4, -0.2) is 38.8 Å². The number of hydrogen-bond donors (Lipinski definition) is 2. The van der Waals surface area contributed by atoms with Crippen molar-refractivity contribution in [2.45, 2.75) is 18.2 Å². The van der Waals surface area contributed by atoms with Crippen LogP contribution in [0.5, 0.6) is 0 Å². The maximum atomic E-state index is 12.5. The zero-order valence-electron chi connectivity index (χ0n) is 11.4. The van der Waals surface area contributed by atoms with Crippen LogP contribution in [0, 0.1) is 0 Å². The summed E-state index contributed by atoms with van der Waals surface area (Å²) in [4.78, 5) is 11.5. The molecule has 1 amide bonds. The zero-order valence-corrected chi connectivity index (χ0v) is 13.8. The number of nitrogens with two attached hydrogens (primary N) is 1. The van der Waals surface area contributed by atoms with Crippen molar-refractivity contribution in [2.75, 3.05) is 25.9 Å². The molecule has 0 aromatic heterocycles. The molecule has 0 unspecified atom stereocenters. The Balaban J connectivity index is 3.14. The molecule has 0 aliphatic heterocycles. The molecule has 0 radical (unpaired) electrons. The Morgan fingerprint density at radius 3 is 2.60 bits per heavy atom. The molecule has 1 rings (SSSR count). The maximum absolute atomic E-state index is 12.5. The van der Waals surface area contributed by atoms with E-state index in [1.807, 2.05) is 6.92 Å². The number of carbonyl (C=O) groups is 1. The quantitative estimate of drug-likeness (QED) is 0.742. The van der Waals surface area contributed by atoms with Crippen LogP contribution in [0.25, 0.3) is 0 Å². The lowest BCUT2D eigenvalue weighted by Gasteiger charge is -2.21. The summed E-state index contributed by atoms with van der Waals surface area (Å²) >= 11 is 3.22. The molecule has 0 saturated carbocycles. The lowest BCUT2D eigenvalue weighted by atomic mass is 10.3. The third-order valence-corrected chi connectivity index (χ3v) is 5.24. The van der Waals surface area contributed by atoms with E-state index in [2.05, 4.69) is 21.2 Å². The summed E-state index contributed by atoms with van der Waals surface area (Å²) in [5, 5.41) is 2.42. The van der Waals surface area contributed by atoms with Crippen LogP contribution in [0.4, 0.5) is 5.69 Å². The van der Waals surface area contributed by atoms with Gasteiger partial charge in [-0.05, 0) is 40.5 Å². The summed E-state index contributed by atoms with van der Waals surface area (Å²) in [6.07, 6.45) is 0.613. The lowest BCUT2D eigenvalue weighted by molar-refractivity contribution is -0.120. The molecule has 0 aliphatic rings. The van der Waals surface area contributed by atoms with E-state index in [1.54, 1.807) is 6.07 Å². The number of anilines is 1. The number of likely N-dealkylation sites (N-methyl/N-ethyl adjacent to an activating group) is 1. The van der Waals surface area contributed by atoms with E-state index in [0.29, 0.717) is 16.6 Å². The molecular formula is C12H18BrN3O3S. The Morgan fingerprint density at radius 1 is 1.45 bits per heavy atom. The molecule has 112 valence electrons. The van der Waals surface area contributed by atoms with Crippen molar-refractivity contribution in [3.63, 3.8) is 0 Å². The van der Waals surface area contributed by atoms with Crippen molar-refractivity contribution in [3.8, 4) is 0 Å². The zero-order chi connectivity index (χ0) is 15.3. The molecule has 8 heteroatoms. The van der Waals surface area contributed by atoms with Gasteiger partial charge in [0.1, 0.15) is 0 Å². The maximum Gasteiger partial charge on any atom is 0.243 e. The van der Waals surface area contributed by atoms with Crippen LogP contribution in [0.1, 0.15) is 13.3 Å². The van der Waals surface area contributed by atoms with Gasteiger partial charge in [-0.1, -0.05) is 6.92 Å². The van der Waals surface area contributed by atoms with Crippen molar-refractivity contribution < 1.29 is 13.2 Å². The van der Waals surface area contributed by atoms with E-state index in [1.165, 1.54) is 19.2 Å². The van der Waals surface area contributed by atoms with Crippen molar-refractivity contribution in [3.05, 3.63) is 22.7 Å². The monoisotopic (exact) mass is 363 g/mol. The second-order valence-corrected chi connectivity index (χ2v) is 6.99. The molecule has 0 heterocycles. The van der Waals surface area contributed by atoms with Gasteiger partial charge in [-0.25, -0.2) is 8.42 Å². The fraction of sp³-hybridized carbons (Fsp3) is 0.417. The Kier molecular flexibility index (Phi) is 5.97. The summed E-state index contributed by atoms with van der Waals surface area (Å²) in [5.41, 5.74) is 6.05. The van der Waals surface area contributed by atoms with Gasteiger partial charge >= 0.3 is 0 Å². The fourth-order valence-electron chi connectivity index (χ4n) is 1.60. The third kappa shape index (κ3) is 3.94. The second-order valence-electron chi connectivity index (χ2n) is 4.20. The van der Waals surface area contributed by atoms with Crippen molar-refractivity contribution >= 4 is 37.5 Å². The van der Waals surface area contributed by atoms with Crippen LogP contribution in [0.15, 0.2) is 27.6 Å². The Bertz CT molecular complexity index is 590. The van der Waals surface area contributed by atoms with Crippen molar-refractivity contribution in [1.29, 1.82) is 0 Å². The first-order valence-electron chi connectivity index (χ1n) is 6.08. The Morgan fingerprint density at radius 2 is 2.10 bits per heavy atom. The standard InChI is InChI=1S/C12H18BrN3O3S/c1-3-6-16(8-12(17)15-2)20(18,19)9-4-5-10(13)11(14)7-9/h4-5,7H,3,6,8,14H2,1-2H3,(H,15,17). The highest BCUT2D eigenvalue weighted by molar-refractivity contribution is 9.10. The van der Waals surface area contributed by atoms with Gasteiger partial charge in [-0.15, -0.1) is 0 Å². The van der Waals surface area contributed by atoms with Gasteiger partial charge < -0.3 is 11.1 Å². The molecule has 3 N–H and O–H groups in total. The van der Waals surface area contributed by atoms with Crippen LogP contribution < -0.4 is 11.1 Å². The average Bonchev–Trinajstić information content (AvgIpc) is 2.40. The number of nitrogens with one attached hydrogen (secondary N) is 1.